The zero-order chi connectivity index (χ0) is 39.6. The monoisotopic (exact) mass is 780 g/mol. The SMILES string of the molecule is CCCCCCCCCCCCCC[C@@H](O)C(O)[C@H](COC1OC(CO)C(O)C(O)C1O)NC(=O)CCCCCCCCCCC1(CCC(F)F)CCC1. The number of amides is 1. The van der Waals surface area contributed by atoms with Crippen LogP contribution in [0.3, 0.4) is 0 Å². The van der Waals surface area contributed by atoms with Crippen LogP contribution in [0.5, 0.6) is 0 Å². The van der Waals surface area contributed by atoms with Crippen molar-refractivity contribution in [2.75, 3.05) is 13.2 Å². The second-order valence-corrected chi connectivity index (χ2v) is 16.6. The van der Waals surface area contributed by atoms with Gasteiger partial charge in [-0.15, -0.1) is 0 Å². The fourth-order valence-corrected chi connectivity index (χ4v) is 8.10. The lowest BCUT2D eigenvalue weighted by Gasteiger charge is -2.42. The fraction of sp³-hybridized carbons (Fsp3) is 0.976. The largest absolute Gasteiger partial charge is 0.394 e. The van der Waals surface area contributed by atoms with Crippen molar-refractivity contribution < 1.29 is 53.7 Å². The van der Waals surface area contributed by atoms with Crippen molar-refractivity contribution in [2.45, 2.75) is 242 Å². The fourth-order valence-electron chi connectivity index (χ4n) is 8.10. The summed E-state index contributed by atoms with van der Waals surface area (Å²) in [4.78, 5) is 13.0. The molecule has 0 bridgehead atoms. The molecular weight excluding hydrogens is 700 g/mol. The third-order valence-electron chi connectivity index (χ3n) is 12.0. The highest BCUT2D eigenvalue weighted by atomic mass is 19.3. The minimum atomic E-state index is -2.20. The van der Waals surface area contributed by atoms with Crippen LogP contribution in [0.2, 0.25) is 0 Å². The average Bonchev–Trinajstić information content (AvgIpc) is 3.14. The number of carbonyl (C=O) groups is 1. The molecule has 1 saturated heterocycles. The molecular formula is C42H79F2NO9. The number of alkyl halides is 2. The molecule has 1 saturated carbocycles. The normalized spacial score (nSPS) is 24.3. The summed E-state index contributed by atoms with van der Waals surface area (Å²) >= 11 is 0. The highest BCUT2D eigenvalue weighted by molar-refractivity contribution is 5.76. The van der Waals surface area contributed by atoms with E-state index in [9.17, 15) is 44.2 Å². The lowest BCUT2D eigenvalue weighted by Crippen LogP contribution is -2.60. The van der Waals surface area contributed by atoms with Crippen LogP contribution in [0.25, 0.3) is 0 Å². The third kappa shape index (κ3) is 19.9. The molecule has 0 aromatic carbocycles. The van der Waals surface area contributed by atoms with Gasteiger partial charge in [0.15, 0.2) is 6.29 Å². The first-order valence-electron chi connectivity index (χ1n) is 21.9. The molecule has 1 aliphatic heterocycles. The number of rotatable bonds is 34. The highest BCUT2D eigenvalue weighted by Crippen LogP contribution is 2.49. The predicted molar refractivity (Wildman–Crippen MR) is 207 cm³/mol. The summed E-state index contributed by atoms with van der Waals surface area (Å²) in [7, 11) is 0. The molecule has 0 radical (unpaired) electrons. The molecule has 1 amide bonds. The lowest BCUT2D eigenvalue weighted by molar-refractivity contribution is -0.303. The minimum absolute atomic E-state index is 0.0245. The second-order valence-electron chi connectivity index (χ2n) is 16.6. The maximum absolute atomic E-state index is 13.0. The van der Waals surface area contributed by atoms with Gasteiger partial charge in [0, 0.05) is 12.8 Å². The van der Waals surface area contributed by atoms with E-state index in [4.69, 9.17) is 9.47 Å². The topological polar surface area (TPSA) is 169 Å². The molecule has 0 aromatic rings. The van der Waals surface area contributed by atoms with Crippen molar-refractivity contribution in [2.24, 2.45) is 5.41 Å². The van der Waals surface area contributed by atoms with E-state index < -0.39 is 62.0 Å². The van der Waals surface area contributed by atoms with Gasteiger partial charge in [0.05, 0.1) is 25.4 Å². The van der Waals surface area contributed by atoms with E-state index in [1.54, 1.807) is 0 Å². The Kier molecular flexibility index (Phi) is 26.6. The maximum atomic E-state index is 13.0. The Morgan fingerprint density at radius 1 is 0.741 bits per heavy atom. The van der Waals surface area contributed by atoms with Crippen molar-refractivity contribution in [1.29, 1.82) is 0 Å². The van der Waals surface area contributed by atoms with Gasteiger partial charge in [-0.2, -0.15) is 0 Å². The quantitative estimate of drug-likeness (QED) is 0.0334. The number of aliphatic hydroxyl groups excluding tert-OH is 6. The van der Waals surface area contributed by atoms with E-state index in [2.05, 4.69) is 12.2 Å². The van der Waals surface area contributed by atoms with Crippen LogP contribution in [0.1, 0.15) is 187 Å². The van der Waals surface area contributed by atoms with E-state index in [0.29, 0.717) is 19.3 Å². The number of carbonyl (C=O) groups excluding carboxylic acids is 1. The van der Waals surface area contributed by atoms with Crippen molar-refractivity contribution in [3.05, 3.63) is 0 Å². The van der Waals surface area contributed by atoms with Crippen LogP contribution in [0.15, 0.2) is 0 Å². The van der Waals surface area contributed by atoms with E-state index in [0.717, 1.165) is 89.9 Å². The van der Waals surface area contributed by atoms with Crippen molar-refractivity contribution in [3.63, 3.8) is 0 Å². The second kappa shape index (κ2) is 29.3. The molecule has 2 fully saturated rings. The molecule has 8 atom stereocenters. The van der Waals surface area contributed by atoms with Crippen LogP contribution < -0.4 is 5.32 Å². The first-order valence-corrected chi connectivity index (χ1v) is 21.9. The molecule has 1 aliphatic carbocycles. The standard InChI is InChI=1S/C42H79F2NO9/c1-2-3-4-5-6-7-8-9-10-13-16-19-23-33(47)37(49)32(31-53-41-40(52)39(51)38(50)34(30-46)54-41)45-36(48)24-20-17-14-11-12-15-18-21-26-42(27-22-28-42)29-25-35(43)44/h32-35,37-41,46-47,49-52H,2-31H2,1H3,(H,45,48)/t32-,33+,34?,37?,38?,39?,40?,41?/m0/s1. The molecule has 7 N–H and O–H groups in total. The summed E-state index contributed by atoms with van der Waals surface area (Å²) in [5, 5.41) is 65.0. The Balaban J connectivity index is 1.71. The summed E-state index contributed by atoms with van der Waals surface area (Å²) in [6, 6.07) is -1.02. The smallest absolute Gasteiger partial charge is 0.238 e. The van der Waals surface area contributed by atoms with Gasteiger partial charge in [-0.05, 0) is 43.9 Å². The number of hydrogen-bond donors (Lipinski definition) is 7. The molecule has 0 aromatic heterocycles. The van der Waals surface area contributed by atoms with Crippen LogP contribution >= 0.6 is 0 Å². The Labute approximate surface area is 325 Å². The van der Waals surface area contributed by atoms with Gasteiger partial charge in [0.2, 0.25) is 12.3 Å². The molecule has 2 aliphatic rings. The minimum Gasteiger partial charge on any atom is -0.394 e. The number of aliphatic hydroxyl groups is 6. The summed E-state index contributed by atoms with van der Waals surface area (Å²) in [5.41, 5.74) is 0.169. The number of unbranched alkanes of at least 4 members (excludes halogenated alkanes) is 18. The average molecular weight is 780 g/mol. The van der Waals surface area contributed by atoms with Gasteiger partial charge in [0.25, 0.3) is 0 Å². The summed E-state index contributed by atoms with van der Waals surface area (Å²) in [6.07, 6.45) is 15.8. The van der Waals surface area contributed by atoms with E-state index in [-0.39, 0.29) is 30.8 Å². The van der Waals surface area contributed by atoms with E-state index >= 15 is 0 Å². The van der Waals surface area contributed by atoms with Gasteiger partial charge in [0.1, 0.15) is 30.5 Å². The molecule has 0 spiro atoms. The number of ether oxygens (including phenoxy) is 2. The van der Waals surface area contributed by atoms with Gasteiger partial charge in [-0.25, -0.2) is 8.78 Å². The lowest BCUT2D eigenvalue weighted by atomic mass is 9.63. The summed E-state index contributed by atoms with van der Waals surface area (Å²) in [6.45, 7) is 1.28. The molecule has 2 rings (SSSR count). The Hall–Kier alpha value is -0.990. The van der Waals surface area contributed by atoms with Crippen molar-refractivity contribution >= 4 is 5.91 Å². The zero-order valence-electron chi connectivity index (χ0n) is 33.6. The first kappa shape index (κ1) is 49.2. The molecule has 54 heavy (non-hydrogen) atoms. The van der Waals surface area contributed by atoms with Crippen LogP contribution in [-0.2, 0) is 14.3 Å². The predicted octanol–water partition coefficient (Wildman–Crippen LogP) is 7.22. The molecule has 6 unspecified atom stereocenters. The third-order valence-corrected chi connectivity index (χ3v) is 12.0. The Morgan fingerprint density at radius 2 is 1.28 bits per heavy atom. The molecule has 10 nitrogen and oxygen atoms in total. The Bertz CT molecular complexity index is 928. The summed E-state index contributed by atoms with van der Waals surface area (Å²) < 4.78 is 36.5. The number of nitrogens with one attached hydrogen (secondary N) is 1. The zero-order valence-corrected chi connectivity index (χ0v) is 33.6. The summed E-state index contributed by atoms with van der Waals surface area (Å²) in [5.74, 6) is -0.300. The molecule has 12 heteroatoms. The van der Waals surface area contributed by atoms with Crippen molar-refractivity contribution in [3.8, 4) is 0 Å². The van der Waals surface area contributed by atoms with Crippen molar-refractivity contribution in [1.82, 2.24) is 5.32 Å². The van der Waals surface area contributed by atoms with Gasteiger partial charge in [-0.1, -0.05) is 135 Å². The highest BCUT2D eigenvalue weighted by Gasteiger charge is 2.44. The van der Waals surface area contributed by atoms with Gasteiger partial charge >= 0.3 is 0 Å². The van der Waals surface area contributed by atoms with E-state index in [1.165, 1.54) is 57.8 Å². The number of halogens is 2. The molecule has 1 heterocycles. The van der Waals surface area contributed by atoms with Crippen LogP contribution in [-0.4, -0.2) is 105 Å². The maximum Gasteiger partial charge on any atom is 0.238 e. The van der Waals surface area contributed by atoms with Gasteiger partial charge in [-0.3, -0.25) is 4.79 Å². The van der Waals surface area contributed by atoms with Crippen LogP contribution in [0, 0.1) is 5.41 Å². The first-order chi connectivity index (χ1) is 26.0. The van der Waals surface area contributed by atoms with E-state index in [1.807, 2.05) is 0 Å². The number of hydrogen-bond acceptors (Lipinski definition) is 9. The Morgan fingerprint density at radius 3 is 1.80 bits per heavy atom. The van der Waals surface area contributed by atoms with Crippen LogP contribution in [0.4, 0.5) is 8.78 Å². The van der Waals surface area contributed by atoms with Gasteiger partial charge < -0.3 is 45.4 Å². The molecule has 320 valence electrons.